The minimum absolute atomic E-state index is 0.268. The molecule has 0 aliphatic carbocycles. The van der Waals surface area contributed by atoms with Gasteiger partial charge in [-0.05, 0) is 54.7 Å². The Morgan fingerprint density at radius 3 is 2.83 bits per heavy atom. The van der Waals surface area contributed by atoms with E-state index >= 15 is 0 Å². The van der Waals surface area contributed by atoms with E-state index in [1.807, 2.05) is 19.1 Å². The van der Waals surface area contributed by atoms with Gasteiger partial charge in [0.25, 0.3) is 0 Å². The van der Waals surface area contributed by atoms with Crippen molar-refractivity contribution in [2.75, 3.05) is 0 Å². The lowest BCUT2D eigenvalue weighted by Crippen LogP contribution is -2.02. The first-order valence-electron chi connectivity index (χ1n) is 6.00. The van der Waals surface area contributed by atoms with Gasteiger partial charge in [0, 0.05) is 12.4 Å². The smallest absolute Gasteiger partial charge is 0.123 e. The fourth-order valence-electron chi connectivity index (χ4n) is 2.02. The van der Waals surface area contributed by atoms with Crippen LogP contribution >= 0.6 is 0 Å². The highest BCUT2D eigenvalue weighted by molar-refractivity contribution is 5.28. The van der Waals surface area contributed by atoms with Gasteiger partial charge in [0.15, 0.2) is 0 Å². The molecule has 1 N–H and O–H groups in total. The number of aryl methyl sites for hydroxylation is 2. The van der Waals surface area contributed by atoms with Gasteiger partial charge < -0.3 is 5.11 Å². The van der Waals surface area contributed by atoms with Gasteiger partial charge in [0.1, 0.15) is 5.82 Å². The maximum atomic E-state index is 13.0. The van der Waals surface area contributed by atoms with Crippen LogP contribution in [0.3, 0.4) is 0 Å². The Hall–Kier alpha value is -1.74. The van der Waals surface area contributed by atoms with Gasteiger partial charge in [-0.3, -0.25) is 4.98 Å². The van der Waals surface area contributed by atoms with Crippen LogP contribution in [0.1, 0.15) is 29.2 Å². The summed E-state index contributed by atoms with van der Waals surface area (Å²) in [6, 6.07) is 8.35. The molecule has 0 amide bonds. The Morgan fingerprint density at radius 2 is 2.17 bits per heavy atom. The summed E-state index contributed by atoms with van der Waals surface area (Å²) in [6.45, 7) is 1.81. The normalized spacial score (nSPS) is 12.4. The zero-order valence-electron chi connectivity index (χ0n) is 10.3. The Labute approximate surface area is 106 Å². The second-order valence-electron chi connectivity index (χ2n) is 4.42. The van der Waals surface area contributed by atoms with Crippen LogP contribution in [0.15, 0.2) is 42.7 Å². The summed E-state index contributed by atoms with van der Waals surface area (Å²) in [5.41, 5.74) is 2.67. The van der Waals surface area contributed by atoms with Crippen molar-refractivity contribution in [1.29, 1.82) is 0 Å². The van der Waals surface area contributed by atoms with E-state index in [4.69, 9.17) is 0 Å². The molecule has 0 aliphatic heterocycles. The van der Waals surface area contributed by atoms with E-state index in [0.717, 1.165) is 23.1 Å². The van der Waals surface area contributed by atoms with Crippen molar-refractivity contribution in [1.82, 2.24) is 4.98 Å². The number of rotatable bonds is 4. The number of aliphatic hydroxyl groups is 1. The maximum absolute atomic E-state index is 13.0. The Bertz CT molecular complexity index is 513. The number of nitrogens with zero attached hydrogens (tertiary/aromatic N) is 1. The molecule has 0 radical (unpaired) electrons. The van der Waals surface area contributed by atoms with Gasteiger partial charge in [0.2, 0.25) is 0 Å². The molecular formula is C15H16FNO. The van der Waals surface area contributed by atoms with E-state index in [1.165, 1.54) is 12.1 Å². The molecule has 0 bridgehead atoms. The van der Waals surface area contributed by atoms with Crippen molar-refractivity contribution < 1.29 is 9.50 Å². The molecule has 0 spiro atoms. The Balaban J connectivity index is 2.01. The van der Waals surface area contributed by atoms with Gasteiger partial charge in [-0.1, -0.05) is 12.1 Å². The van der Waals surface area contributed by atoms with Gasteiger partial charge in [0.05, 0.1) is 6.10 Å². The molecule has 18 heavy (non-hydrogen) atoms. The molecule has 2 aromatic rings. The summed E-state index contributed by atoms with van der Waals surface area (Å²) in [5, 5.41) is 10.1. The number of hydrogen-bond acceptors (Lipinski definition) is 2. The summed E-state index contributed by atoms with van der Waals surface area (Å²) < 4.78 is 13.0. The van der Waals surface area contributed by atoms with E-state index in [2.05, 4.69) is 4.98 Å². The van der Waals surface area contributed by atoms with Crippen LogP contribution in [-0.4, -0.2) is 10.1 Å². The van der Waals surface area contributed by atoms with Gasteiger partial charge in [-0.25, -0.2) is 4.39 Å². The van der Waals surface area contributed by atoms with Crippen molar-refractivity contribution in [2.24, 2.45) is 0 Å². The van der Waals surface area contributed by atoms with Gasteiger partial charge >= 0.3 is 0 Å². The molecule has 1 heterocycles. The second-order valence-corrected chi connectivity index (χ2v) is 4.42. The number of hydrogen-bond donors (Lipinski definition) is 1. The van der Waals surface area contributed by atoms with E-state index in [0.29, 0.717) is 6.42 Å². The van der Waals surface area contributed by atoms with E-state index in [1.54, 1.807) is 18.5 Å². The van der Waals surface area contributed by atoms with Crippen molar-refractivity contribution >= 4 is 0 Å². The first kappa shape index (κ1) is 12.7. The zero-order valence-corrected chi connectivity index (χ0v) is 10.3. The predicted octanol–water partition coefficient (Wildman–Crippen LogP) is 3.20. The summed E-state index contributed by atoms with van der Waals surface area (Å²) in [7, 11) is 0. The highest BCUT2D eigenvalue weighted by atomic mass is 19.1. The third kappa shape index (κ3) is 3.14. The monoisotopic (exact) mass is 245 g/mol. The first-order valence-corrected chi connectivity index (χ1v) is 6.00. The maximum Gasteiger partial charge on any atom is 0.123 e. The third-order valence-electron chi connectivity index (χ3n) is 3.02. The number of halogens is 1. The van der Waals surface area contributed by atoms with Crippen LogP contribution < -0.4 is 0 Å². The zero-order chi connectivity index (χ0) is 13.0. The van der Waals surface area contributed by atoms with Crippen LogP contribution in [0, 0.1) is 12.7 Å². The molecule has 0 saturated carbocycles. The molecule has 0 saturated heterocycles. The van der Waals surface area contributed by atoms with Crippen molar-refractivity contribution in [3.8, 4) is 0 Å². The number of benzene rings is 1. The van der Waals surface area contributed by atoms with Crippen molar-refractivity contribution in [2.45, 2.75) is 25.9 Å². The number of pyridine rings is 1. The minimum Gasteiger partial charge on any atom is -0.388 e. The lowest BCUT2D eigenvalue weighted by Gasteiger charge is -2.13. The molecule has 1 aromatic heterocycles. The molecule has 94 valence electrons. The Kier molecular flexibility index (Phi) is 4.05. The molecule has 0 aliphatic rings. The molecule has 0 fully saturated rings. The van der Waals surface area contributed by atoms with E-state index in [-0.39, 0.29) is 5.82 Å². The fraction of sp³-hybridized carbons (Fsp3) is 0.267. The highest BCUT2D eigenvalue weighted by Crippen LogP contribution is 2.22. The van der Waals surface area contributed by atoms with Crippen LogP contribution in [0.4, 0.5) is 4.39 Å². The van der Waals surface area contributed by atoms with Gasteiger partial charge in [-0.2, -0.15) is 0 Å². The third-order valence-corrected chi connectivity index (χ3v) is 3.02. The molecule has 1 aromatic carbocycles. The van der Waals surface area contributed by atoms with Crippen LogP contribution in [-0.2, 0) is 6.42 Å². The summed E-state index contributed by atoms with van der Waals surface area (Å²) in [5.74, 6) is -0.268. The SMILES string of the molecule is Cc1cc(F)ccc1C(O)CCc1cccnc1. The second kappa shape index (κ2) is 5.74. The summed E-state index contributed by atoms with van der Waals surface area (Å²) in [4.78, 5) is 4.03. The standard InChI is InChI=1S/C15H16FNO/c1-11-9-13(16)5-6-14(11)15(18)7-4-12-3-2-8-17-10-12/h2-3,5-6,8-10,15,18H,4,7H2,1H3. The molecule has 1 atom stereocenters. The minimum atomic E-state index is -0.564. The Morgan fingerprint density at radius 1 is 1.33 bits per heavy atom. The highest BCUT2D eigenvalue weighted by Gasteiger charge is 2.11. The molecule has 3 heteroatoms. The summed E-state index contributed by atoms with van der Waals surface area (Å²) >= 11 is 0. The average molecular weight is 245 g/mol. The van der Waals surface area contributed by atoms with Gasteiger partial charge in [-0.15, -0.1) is 0 Å². The summed E-state index contributed by atoms with van der Waals surface area (Å²) in [6.07, 6.45) is 4.32. The topological polar surface area (TPSA) is 33.1 Å². The van der Waals surface area contributed by atoms with E-state index < -0.39 is 6.10 Å². The van der Waals surface area contributed by atoms with Crippen LogP contribution in [0.2, 0.25) is 0 Å². The van der Waals surface area contributed by atoms with E-state index in [9.17, 15) is 9.50 Å². The largest absolute Gasteiger partial charge is 0.388 e. The number of aliphatic hydroxyl groups excluding tert-OH is 1. The van der Waals surface area contributed by atoms with Crippen molar-refractivity contribution in [3.05, 3.63) is 65.2 Å². The quantitative estimate of drug-likeness (QED) is 0.897. The fourth-order valence-corrected chi connectivity index (χ4v) is 2.02. The van der Waals surface area contributed by atoms with Crippen LogP contribution in [0.5, 0.6) is 0 Å². The lowest BCUT2D eigenvalue weighted by atomic mass is 9.98. The molecule has 1 unspecified atom stereocenters. The lowest BCUT2D eigenvalue weighted by molar-refractivity contribution is 0.167. The molecule has 2 nitrogen and oxygen atoms in total. The molecular weight excluding hydrogens is 229 g/mol. The number of aromatic nitrogens is 1. The first-order chi connectivity index (χ1) is 8.66. The molecule has 2 rings (SSSR count). The average Bonchev–Trinajstić information content (AvgIpc) is 2.37. The van der Waals surface area contributed by atoms with Crippen molar-refractivity contribution in [3.63, 3.8) is 0 Å². The predicted molar refractivity (Wildman–Crippen MR) is 68.7 cm³/mol. The van der Waals surface area contributed by atoms with Crippen LogP contribution in [0.25, 0.3) is 0 Å².